The first-order chi connectivity index (χ1) is 8.97. The van der Waals surface area contributed by atoms with Gasteiger partial charge in [0.1, 0.15) is 17.3 Å². The molecular formula is C13H16N4O2. The maximum Gasteiger partial charge on any atom is 0.272 e. The van der Waals surface area contributed by atoms with Crippen molar-refractivity contribution in [3.63, 3.8) is 0 Å². The van der Waals surface area contributed by atoms with Crippen molar-refractivity contribution in [3.05, 3.63) is 41.0 Å². The third-order valence-electron chi connectivity index (χ3n) is 2.81. The number of carbonyl (C=O) groups excluding carboxylic acids is 1. The van der Waals surface area contributed by atoms with Gasteiger partial charge in [-0.15, -0.1) is 10.2 Å². The first-order valence-electron chi connectivity index (χ1n) is 5.94. The summed E-state index contributed by atoms with van der Waals surface area (Å²) in [6.07, 6.45) is 0. The Morgan fingerprint density at radius 1 is 1.37 bits per heavy atom. The van der Waals surface area contributed by atoms with Crippen LogP contribution in [-0.2, 0) is 0 Å². The van der Waals surface area contributed by atoms with Gasteiger partial charge in [0.05, 0.1) is 6.04 Å². The summed E-state index contributed by atoms with van der Waals surface area (Å²) in [7, 11) is 0. The van der Waals surface area contributed by atoms with E-state index in [4.69, 9.17) is 10.2 Å². The molecule has 0 aliphatic rings. The average molecular weight is 260 g/mol. The number of nitrogens with zero attached hydrogens (tertiary/aromatic N) is 2. The van der Waals surface area contributed by atoms with E-state index in [1.54, 1.807) is 6.07 Å². The van der Waals surface area contributed by atoms with Crippen molar-refractivity contribution in [1.29, 1.82) is 0 Å². The Kier molecular flexibility index (Phi) is 3.50. The maximum absolute atomic E-state index is 12.0. The summed E-state index contributed by atoms with van der Waals surface area (Å²) in [6.45, 7) is 5.63. The number of anilines is 1. The second-order valence-corrected chi connectivity index (χ2v) is 4.41. The summed E-state index contributed by atoms with van der Waals surface area (Å²) < 4.78 is 5.44. The molecule has 19 heavy (non-hydrogen) atoms. The van der Waals surface area contributed by atoms with Crippen LogP contribution in [0.4, 0.5) is 5.82 Å². The zero-order valence-electron chi connectivity index (χ0n) is 11.1. The molecule has 2 aromatic heterocycles. The molecule has 6 heteroatoms. The third kappa shape index (κ3) is 2.90. The van der Waals surface area contributed by atoms with Crippen LogP contribution in [0, 0.1) is 13.8 Å². The molecule has 0 fully saturated rings. The number of nitrogen functional groups attached to an aromatic ring is 1. The predicted molar refractivity (Wildman–Crippen MR) is 70.5 cm³/mol. The lowest BCUT2D eigenvalue weighted by molar-refractivity contribution is 0.0933. The molecule has 0 spiro atoms. The van der Waals surface area contributed by atoms with E-state index in [2.05, 4.69) is 15.5 Å². The first-order valence-corrected chi connectivity index (χ1v) is 5.94. The van der Waals surface area contributed by atoms with Gasteiger partial charge in [0.15, 0.2) is 5.69 Å². The monoisotopic (exact) mass is 260 g/mol. The van der Waals surface area contributed by atoms with Gasteiger partial charge in [-0.2, -0.15) is 0 Å². The van der Waals surface area contributed by atoms with Gasteiger partial charge < -0.3 is 15.5 Å². The van der Waals surface area contributed by atoms with Crippen molar-refractivity contribution in [3.8, 4) is 0 Å². The summed E-state index contributed by atoms with van der Waals surface area (Å²) in [6, 6.07) is 4.83. The fourth-order valence-electron chi connectivity index (χ4n) is 1.89. The van der Waals surface area contributed by atoms with Crippen LogP contribution in [0.5, 0.6) is 0 Å². The molecule has 0 saturated carbocycles. The Bertz CT molecular complexity index is 589. The SMILES string of the molecule is Cc1cc(C(C)NC(=O)c2ccc(N)nn2)c(C)o1. The van der Waals surface area contributed by atoms with Gasteiger partial charge in [-0.3, -0.25) is 4.79 Å². The molecule has 1 atom stereocenters. The molecule has 3 N–H and O–H groups in total. The van der Waals surface area contributed by atoms with Gasteiger partial charge in [0.25, 0.3) is 5.91 Å². The molecule has 0 bridgehead atoms. The molecule has 1 unspecified atom stereocenters. The molecule has 0 aliphatic heterocycles. The maximum atomic E-state index is 12.0. The highest BCUT2D eigenvalue weighted by Gasteiger charge is 2.16. The summed E-state index contributed by atoms with van der Waals surface area (Å²) in [4.78, 5) is 12.0. The van der Waals surface area contributed by atoms with Gasteiger partial charge in [-0.05, 0) is 39.0 Å². The number of aryl methyl sites for hydroxylation is 2. The number of rotatable bonds is 3. The van der Waals surface area contributed by atoms with E-state index in [0.717, 1.165) is 17.1 Å². The van der Waals surface area contributed by atoms with Crippen molar-refractivity contribution in [2.75, 3.05) is 5.73 Å². The normalized spacial score (nSPS) is 12.2. The van der Waals surface area contributed by atoms with Crippen LogP contribution in [0.15, 0.2) is 22.6 Å². The van der Waals surface area contributed by atoms with E-state index in [0.29, 0.717) is 0 Å². The molecule has 0 radical (unpaired) electrons. The number of aromatic nitrogens is 2. The van der Waals surface area contributed by atoms with E-state index in [1.165, 1.54) is 6.07 Å². The summed E-state index contributed by atoms with van der Waals surface area (Å²) >= 11 is 0. The molecule has 1 amide bonds. The van der Waals surface area contributed by atoms with Gasteiger partial charge in [0, 0.05) is 5.56 Å². The molecule has 2 aromatic rings. The first kappa shape index (κ1) is 13.1. The third-order valence-corrected chi connectivity index (χ3v) is 2.81. The highest BCUT2D eigenvalue weighted by Crippen LogP contribution is 2.21. The van der Waals surface area contributed by atoms with Crippen LogP contribution in [-0.4, -0.2) is 16.1 Å². The standard InChI is InChI=1S/C13H16N4O2/c1-7-6-10(9(3)19-7)8(2)15-13(18)11-4-5-12(14)17-16-11/h4-6,8H,1-3H3,(H2,14,17)(H,15,18). The molecule has 100 valence electrons. The minimum Gasteiger partial charge on any atom is -0.466 e. The zero-order valence-corrected chi connectivity index (χ0v) is 11.1. The largest absolute Gasteiger partial charge is 0.466 e. The van der Waals surface area contributed by atoms with Crippen LogP contribution in [0.3, 0.4) is 0 Å². The number of nitrogens with two attached hydrogens (primary N) is 1. The summed E-state index contributed by atoms with van der Waals surface area (Å²) in [5.74, 6) is 1.61. The Labute approximate surface area is 111 Å². The van der Waals surface area contributed by atoms with Crippen LogP contribution in [0.2, 0.25) is 0 Å². The summed E-state index contributed by atoms with van der Waals surface area (Å²) in [5.41, 5.74) is 6.61. The van der Waals surface area contributed by atoms with E-state index in [1.807, 2.05) is 26.8 Å². The Morgan fingerprint density at radius 2 is 2.11 bits per heavy atom. The number of hydrogen-bond donors (Lipinski definition) is 2. The second-order valence-electron chi connectivity index (χ2n) is 4.41. The second kappa shape index (κ2) is 5.09. The van der Waals surface area contributed by atoms with Gasteiger partial charge >= 0.3 is 0 Å². The van der Waals surface area contributed by atoms with Gasteiger partial charge in [-0.25, -0.2) is 0 Å². The van der Waals surface area contributed by atoms with E-state index < -0.39 is 0 Å². The number of nitrogens with one attached hydrogen (secondary N) is 1. The number of hydrogen-bond acceptors (Lipinski definition) is 5. The van der Waals surface area contributed by atoms with Crippen molar-refractivity contribution in [2.45, 2.75) is 26.8 Å². The van der Waals surface area contributed by atoms with E-state index in [9.17, 15) is 4.79 Å². The minimum absolute atomic E-state index is 0.163. The van der Waals surface area contributed by atoms with E-state index in [-0.39, 0.29) is 23.5 Å². The smallest absolute Gasteiger partial charge is 0.272 e. The van der Waals surface area contributed by atoms with Crippen molar-refractivity contribution in [1.82, 2.24) is 15.5 Å². The average Bonchev–Trinajstić information content (AvgIpc) is 2.69. The Hall–Kier alpha value is -2.37. The van der Waals surface area contributed by atoms with Crippen LogP contribution < -0.4 is 11.1 Å². The topological polar surface area (TPSA) is 94.0 Å². The van der Waals surface area contributed by atoms with Gasteiger partial charge in [0.2, 0.25) is 0 Å². The molecule has 6 nitrogen and oxygen atoms in total. The fraction of sp³-hybridized carbons (Fsp3) is 0.308. The molecule has 0 aromatic carbocycles. The highest BCUT2D eigenvalue weighted by molar-refractivity contribution is 5.92. The quantitative estimate of drug-likeness (QED) is 0.876. The highest BCUT2D eigenvalue weighted by atomic mass is 16.3. The fourth-order valence-corrected chi connectivity index (χ4v) is 1.89. The van der Waals surface area contributed by atoms with Gasteiger partial charge in [-0.1, -0.05) is 0 Å². The Balaban J connectivity index is 2.10. The lowest BCUT2D eigenvalue weighted by atomic mass is 10.1. The van der Waals surface area contributed by atoms with Crippen LogP contribution in [0.1, 0.15) is 40.5 Å². The van der Waals surface area contributed by atoms with Crippen molar-refractivity contribution < 1.29 is 9.21 Å². The summed E-state index contributed by atoms with van der Waals surface area (Å²) in [5, 5.41) is 10.2. The van der Waals surface area contributed by atoms with Crippen molar-refractivity contribution in [2.24, 2.45) is 0 Å². The number of furan rings is 1. The van der Waals surface area contributed by atoms with Crippen LogP contribution >= 0.6 is 0 Å². The molecular weight excluding hydrogens is 244 g/mol. The number of carbonyl (C=O) groups is 1. The number of amides is 1. The molecule has 2 heterocycles. The molecule has 0 saturated heterocycles. The minimum atomic E-state index is -0.293. The van der Waals surface area contributed by atoms with Crippen LogP contribution in [0.25, 0.3) is 0 Å². The molecule has 2 rings (SSSR count). The van der Waals surface area contributed by atoms with Crippen molar-refractivity contribution >= 4 is 11.7 Å². The Morgan fingerprint density at radius 3 is 2.63 bits per heavy atom. The predicted octanol–water partition coefficient (Wildman–Crippen LogP) is 1.76. The zero-order chi connectivity index (χ0) is 14.0. The lowest BCUT2D eigenvalue weighted by Crippen LogP contribution is -2.27. The molecule has 0 aliphatic carbocycles. The van der Waals surface area contributed by atoms with E-state index >= 15 is 0 Å². The lowest BCUT2D eigenvalue weighted by Gasteiger charge is -2.12.